The number of rotatable bonds is 8. The van der Waals surface area contributed by atoms with E-state index in [9.17, 15) is 4.57 Å². The molecule has 0 spiro atoms. The molecular formula is C12H21N2O2PS2. The molecule has 4 nitrogen and oxygen atoms in total. The van der Waals surface area contributed by atoms with Crippen LogP contribution in [0.4, 0.5) is 0 Å². The van der Waals surface area contributed by atoms with Gasteiger partial charge in [-0.05, 0) is 33.3 Å². The molecule has 1 atom stereocenters. The van der Waals surface area contributed by atoms with Gasteiger partial charge in [0, 0.05) is 17.2 Å². The third-order valence-corrected chi connectivity index (χ3v) is 9.72. The van der Waals surface area contributed by atoms with Crippen molar-refractivity contribution in [3.05, 3.63) is 23.3 Å². The van der Waals surface area contributed by atoms with Crippen LogP contribution >= 0.6 is 28.5 Å². The van der Waals surface area contributed by atoms with Crippen molar-refractivity contribution in [2.24, 2.45) is 0 Å². The molecule has 0 aliphatic carbocycles. The normalized spacial score (nSPS) is 14.3. The lowest BCUT2D eigenvalue weighted by Crippen LogP contribution is -1.96. The van der Waals surface area contributed by atoms with Gasteiger partial charge in [-0.15, -0.1) is 0 Å². The van der Waals surface area contributed by atoms with Gasteiger partial charge in [-0.2, -0.15) is 0 Å². The standard InChI is InChI=1S/C12H21N2O2PS2/c1-5-7-18-17(15,16-6-2)19-9-12-8-10(3)13-11(4)14-12/h8H,5-7,9H2,1-4H3. The molecule has 0 N–H and O–H groups in total. The first-order valence-corrected chi connectivity index (χ1v) is 11.1. The van der Waals surface area contributed by atoms with Crippen molar-refractivity contribution < 1.29 is 9.09 Å². The van der Waals surface area contributed by atoms with Gasteiger partial charge in [-0.1, -0.05) is 29.7 Å². The molecular weight excluding hydrogens is 299 g/mol. The Hall–Kier alpha value is -0.0300. The van der Waals surface area contributed by atoms with E-state index < -0.39 is 5.77 Å². The molecule has 0 bridgehead atoms. The second-order valence-corrected chi connectivity index (χ2v) is 11.5. The molecule has 0 aromatic carbocycles. The quantitative estimate of drug-likeness (QED) is 0.652. The molecule has 1 aromatic heterocycles. The summed E-state index contributed by atoms with van der Waals surface area (Å²) in [5.74, 6) is -0.457. The van der Waals surface area contributed by atoms with Gasteiger partial charge in [0.15, 0.2) is 0 Å². The highest BCUT2D eigenvalue weighted by atomic mass is 33.1. The van der Waals surface area contributed by atoms with Crippen LogP contribution in [0.3, 0.4) is 0 Å². The summed E-state index contributed by atoms with van der Waals surface area (Å²) in [7, 11) is 0. The van der Waals surface area contributed by atoms with Crippen molar-refractivity contribution in [3.8, 4) is 0 Å². The van der Waals surface area contributed by atoms with Crippen LogP contribution in [-0.2, 0) is 14.8 Å². The average molecular weight is 320 g/mol. The number of nitrogens with zero attached hydrogens (tertiary/aromatic N) is 2. The lowest BCUT2D eigenvalue weighted by molar-refractivity contribution is 0.357. The topological polar surface area (TPSA) is 52.1 Å². The molecule has 19 heavy (non-hydrogen) atoms. The Kier molecular flexibility index (Phi) is 7.44. The average Bonchev–Trinajstić information content (AvgIpc) is 2.34. The highest BCUT2D eigenvalue weighted by Crippen LogP contribution is 2.70. The van der Waals surface area contributed by atoms with E-state index in [0.29, 0.717) is 12.4 Å². The Morgan fingerprint density at radius 3 is 2.58 bits per heavy atom. The smallest absolute Gasteiger partial charge is 0.313 e. The first-order chi connectivity index (χ1) is 8.99. The fourth-order valence-electron chi connectivity index (χ4n) is 1.49. The molecule has 0 fully saturated rings. The van der Waals surface area contributed by atoms with Gasteiger partial charge in [0.2, 0.25) is 0 Å². The van der Waals surface area contributed by atoms with E-state index in [1.165, 1.54) is 22.8 Å². The molecule has 7 heteroatoms. The van der Waals surface area contributed by atoms with Crippen LogP contribution in [0.15, 0.2) is 6.07 Å². The maximum Gasteiger partial charge on any atom is 0.313 e. The summed E-state index contributed by atoms with van der Waals surface area (Å²) in [6.45, 7) is 8.23. The van der Waals surface area contributed by atoms with Crippen molar-refractivity contribution in [1.82, 2.24) is 9.97 Å². The summed E-state index contributed by atoms with van der Waals surface area (Å²) in [6.07, 6.45) is 0.994. The second-order valence-electron chi connectivity index (χ2n) is 4.02. The third kappa shape index (κ3) is 6.30. The molecule has 0 amide bonds. The van der Waals surface area contributed by atoms with Gasteiger partial charge in [-0.3, -0.25) is 4.57 Å². The van der Waals surface area contributed by atoms with Gasteiger partial charge in [0.25, 0.3) is 0 Å². The third-order valence-electron chi connectivity index (χ3n) is 2.13. The van der Waals surface area contributed by atoms with E-state index in [2.05, 4.69) is 16.9 Å². The van der Waals surface area contributed by atoms with Gasteiger partial charge in [-0.25, -0.2) is 9.97 Å². The van der Waals surface area contributed by atoms with Crippen molar-refractivity contribution in [2.75, 3.05) is 12.4 Å². The Balaban J connectivity index is 2.67. The summed E-state index contributed by atoms with van der Waals surface area (Å²) in [6, 6.07) is 1.93. The maximum atomic E-state index is 12.6. The maximum absolute atomic E-state index is 12.6. The van der Waals surface area contributed by atoms with Crippen LogP contribution in [-0.4, -0.2) is 22.3 Å². The van der Waals surface area contributed by atoms with Crippen LogP contribution in [0.5, 0.6) is 0 Å². The van der Waals surface area contributed by atoms with E-state index in [1.54, 1.807) is 0 Å². The van der Waals surface area contributed by atoms with Crippen LogP contribution in [0.1, 0.15) is 37.5 Å². The fraction of sp³-hybridized carbons (Fsp3) is 0.667. The van der Waals surface area contributed by atoms with Gasteiger partial charge < -0.3 is 4.52 Å². The molecule has 1 aromatic rings. The van der Waals surface area contributed by atoms with Crippen LogP contribution < -0.4 is 0 Å². The molecule has 108 valence electrons. The van der Waals surface area contributed by atoms with Crippen molar-refractivity contribution in [3.63, 3.8) is 0 Å². The highest BCUT2D eigenvalue weighted by Gasteiger charge is 2.24. The number of aryl methyl sites for hydroxylation is 2. The Morgan fingerprint density at radius 1 is 1.26 bits per heavy atom. The zero-order valence-electron chi connectivity index (χ0n) is 11.9. The summed E-state index contributed by atoms with van der Waals surface area (Å²) >= 11 is 2.79. The molecule has 0 saturated carbocycles. The largest absolute Gasteiger partial charge is 0.314 e. The molecule has 0 saturated heterocycles. The minimum absolute atomic E-state index is 0.475. The Bertz CT molecular complexity index is 437. The molecule has 1 rings (SSSR count). The second kappa shape index (κ2) is 8.30. The zero-order valence-corrected chi connectivity index (χ0v) is 14.4. The van der Waals surface area contributed by atoms with E-state index in [1.807, 2.05) is 26.8 Å². The van der Waals surface area contributed by atoms with Gasteiger partial charge >= 0.3 is 5.77 Å². The summed E-state index contributed by atoms with van der Waals surface area (Å²) in [5, 5.41) is 0. The summed E-state index contributed by atoms with van der Waals surface area (Å²) in [4.78, 5) is 8.60. The number of hydrogen-bond donors (Lipinski definition) is 0. The zero-order chi connectivity index (χ0) is 14.3. The van der Waals surface area contributed by atoms with E-state index in [-0.39, 0.29) is 0 Å². The Labute approximate surface area is 123 Å². The van der Waals surface area contributed by atoms with Crippen molar-refractivity contribution >= 4 is 28.5 Å². The molecule has 1 unspecified atom stereocenters. The molecule has 0 aliphatic heterocycles. The van der Waals surface area contributed by atoms with E-state index in [4.69, 9.17) is 4.52 Å². The lowest BCUT2D eigenvalue weighted by atomic mass is 10.3. The number of hydrogen-bond acceptors (Lipinski definition) is 6. The number of aromatic nitrogens is 2. The molecule has 0 radical (unpaired) electrons. The van der Waals surface area contributed by atoms with E-state index in [0.717, 1.165) is 29.4 Å². The first-order valence-electron chi connectivity index (χ1n) is 6.34. The SMILES string of the molecule is CCCSP(=O)(OCC)SCc1cc(C)nc(C)n1. The Morgan fingerprint density at radius 2 is 2.00 bits per heavy atom. The highest BCUT2D eigenvalue weighted by molar-refractivity contribution is 8.89. The van der Waals surface area contributed by atoms with Crippen molar-refractivity contribution in [1.29, 1.82) is 0 Å². The minimum atomic E-state index is -2.66. The van der Waals surface area contributed by atoms with Crippen LogP contribution in [0.25, 0.3) is 0 Å². The minimum Gasteiger partial charge on any atom is -0.314 e. The summed E-state index contributed by atoms with van der Waals surface area (Å²) in [5.41, 5.74) is 1.85. The van der Waals surface area contributed by atoms with Gasteiger partial charge in [0.05, 0.1) is 12.3 Å². The predicted octanol–water partition coefficient (Wildman–Crippen LogP) is 4.61. The summed E-state index contributed by atoms with van der Waals surface area (Å²) < 4.78 is 18.0. The lowest BCUT2D eigenvalue weighted by Gasteiger charge is -2.15. The molecule has 0 aliphatic rings. The fourth-order valence-corrected chi connectivity index (χ4v) is 8.08. The predicted molar refractivity (Wildman–Crippen MR) is 84.8 cm³/mol. The van der Waals surface area contributed by atoms with Gasteiger partial charge in [0.1, 0.15) is 5.82 Å². The molecule has 1 heterocycles. The van der Waals surface area contributed by atoms with Crippen LogP contribution in [0.2, 0.25) is 0 Å². The monoisotopic (exact) mass is 320 g/mol. The van der Waals surface area contributed by atoms with E-state index >= 15 is 0 Å². The first kappa shape index (κ1) is 17.0. The van der Waals surface area contributed by atoms with Crippen molar-refractivity contribution in [2.45, 2.75) is 39.9 Å². The van der Waals surface area contributed by atoms with Crippen LogP contribution in [0, 0.1) is 13.8 Å².